The van der Waals surface area contributed by atoms with E-state index in [-0.39, 0.29) is 17.3 Å². The monoisotopic (exact) mass is 516 g/mol. The summed E-state index contributed by atoms with van der Waals surface area (Å²) < 4.78 is 45.7. The van der Waals surface area contributed by atoms with E-state index in [1.165, 1.54) is 17.6 Å². The predicted octanol–water partition coefficient (Wildman–Crippen LogP) is 3.49. The average molecular weight is 516 g/mol. The molecule has 10 heteroatoms. The minimum atomic E-state index is -4.58. The number of ether oxygens (including phenoxy) is 1. The molecule has 2 aliphatic heterocycles. The molecule has 4 rings (SSSR count). The van der Waals surface area contributed by atoms with Crippen LogP contribution in [0, 0.1) is 3.57 Å². The summed E-state index contributed by atoms with van der Waals surface area (Å²) in [5.74, 6) is -0.325. The van der Waals surface area contributed by atoms with Crippen molar-refractivity contribution in [3.05, 3.63) is 56.2 Å². The van der Waals surface area contributed by atoms with E-state index in [9.17, 15) is 18.0 Å². The molecule has 2 aromatic carbocycles. The fourth-order valence-electron chi connectivity index (χ4n) is 3.31. The molecule has 0 radical (unpaired) electrons. The van der Waals surface area contributed by atoms with E-state index in [0.717, 1.165) is 40.3 Å². The van der Waals surface area contributed by atoms with Crippen molar-refractivity contribution in [2.24, 2.45) is 5.10 Å². The Morgan fingerprint density at radius 1 is 1.28 bits per heavy atom. The SMILES string of the molecule is COc1ccc(C(F)(F)F)cc1C(=O)N(C1=NN1)c1cc(I)c2c(c1)CNCC2. The third-order valence-corrected chi connectivity index (χ3v) is 5.74. The molecule has 2 N–H and O–H groups in total. The van der Waals surface area contributed by atoms with Crippen LogP contribution in [0.1, 0.15) is 27.0 Å². The van der Waals surface area contributed by atoms with Gasteiger partial charge >= 0.3 is 6.18 Å². The van der Waals surface area contributed by atoms with Crippen molar-refractivity contribution >= 4 is 40.1 Å². The molecular weight excluding hydrogens is 500 g/mol. The maximum Gasteiger partial charge on any atom is 0.416 e. The highest BCUT2D eigenvalue weighted by Crippen LogP contribution is 2.35. The summed E-state index contributed by atoms with van der Waals surface area (Å²) in [5.41, 5.74) is 4.31. The Balaban J connectivity index is 1.79. The molecule has 0 atom stereocenters. The van der Waals surface area contributed by atoms with Crippen LogP contribution in [0.15, 0.2) is 35.4 Å². The third-order valence-electron chi connectivity index (χ3n) is 4.78. The smallest absolute Gasteiger partial charge is 0.416 e. The number of anilines is 1. The van der Waals surface area contributed by atoms with E-state index in [4.69, 9.17) is 4.74 Å². The summed E-state index contributed by atoms with van der Waals surface area (Å²) >= 11 is 2.21. The number of hydrogen-bond acceptors (Lipinski definition) is 5. The predicted molar refractivity (Wildman–Crippen MR) is 110 cm³/mol. The summed E-state index contributed by atoms with van der Waals surface area (Å²) in [5, 5.41) is 7.17. The number of nitrogens with one attached hydrogen (secondary N) is 2. The molecule has 2 aliphatic rings. The summed E-state index contributed by atoms with van der Waals surface area (Å²) in [6.07, 6.45) is -3.70. The molecule has 152 valence electrons. The lowest BCUT2D eigenvalue weighted by molar-refractivity contribution is -0.137. The second kappa shape index (κ2) is 7.48. The first kappa shape index (κ1) is 20.0. The number of nitrogens with zero attached hydrogens (tertiary/aromatic N) is 2. The third kappa shape index (κ3) is 3.90. The van der Waals surface area contributed by atoms with Crippen molar-refractivity contribution in [1.82, 2.24) is 10.7 Å². The zero-order valence-electron chi connectivity index (χ0n) is 15.2. The molecule has 6 nitrogen and oxygen atoms in total. The number of rotatable bonds is 3. The maximum atomic E-state index is 13.3. The van der Waals surface area contributed by atoms with Crippen LogP contribution in [-0.2, 0) is 19.1 Å². The highest BCUT2D eigenvalue weighted by molar-refractivity contribution is 14.1. The number of hydrazone groups is 1. The van der Waals surface area contributed by atoms with Gasteiger partial charge in [0.15, 0.2) is 0 Å². The van der Waals surface area contributed by atoms with Gasteiger partial charge in [-0.3, -0.25) is 4.79 Å². The van der Waals surface area contributed by atoms with Gasteiger partial charge in [-0.1, -0.05) is 0 Å². The van der Waals surface area contributed by atoms with Crippen LogP contribution in [0.2, 0.25) is 0 Å². The normalized spacial score (nSPS) is 15.1. The number of guanidine groups is 1. The molecule has 0 saturated carbocycles. The summed E-state index contributed by atoms with van der Waals surface area (Å²) in [6, 6.07) is 6.55. The molecule has 1 amide bonds. The van der Waals surface area contributed by atoms with Gasteiger partial charge in [-0.2, -0.15) is 13.2 Å². The van der Waals surface area contributed by atoms with E-state index < -0.39 is 17.6 Å². The number of fused-ring (bicyclic) bond motifs is 1. The van der Waals surface area contributed by atoms with Crippen LogP contribution in [-0.4, -0.2) is 25.5 Å². The van der Waals surface area contributed by atoms with Crippen LogP contribution in [0.4, 0.5) is 18.9 Å². The van der Waals surface area contributed by atoms with Crippen molar-refractivity contribution in [2.45, 2.75) is 19.1 Å². The van der Waals surface area contributed by atoms with Crippen molar-refractivity contribution in [1.29, 1.82) is 0 Å². The summed E-state index contributed by atoms with van der Waals surface area (Å²) in [7, 11) is 1.31. The Morgan fingerprint density at radius 3 is 2.69 bits per heavy atom. The number of methoxy groups -OCH3 is 1. The Hall–Kier alpha value is -2.34. The van der Waals surface area contributed by atoms with E-state index in [0.29, 0.717) is 12.2 Å². The second-order valence-corrected chi connectivity index (χ2v) is 7.75. The van der Waals surface area contributed by atoms with Gasteiger partial charge in [0.2, 0.25) is 5.96 Å². The van der Waals surface area contributed by atoms with Crippen molar-refractivity contribution in [3.8, 4) is 5.75 Å². The summed E-state index contributed by atoms with van der Waals surface area (Å²) in [6.45, 7) is 1.54. The van der Waals surface area contributed by atoms with Crippen LogP contribution in [0.3, 0.4) is 0 Å². The first-order valence-corrected chi connectivity index (χ1v) is 9.83. The molecule has 0 aromatic heterocycles. The summed E-state index contributed by atoms with van der Waals surface area (Å²) in [4.78, 5) is 14.6. The molecule has 2 heterocycles. The highest BCUT2D eigenvalue weighted by Gasteiger charge is 2.35. The fourth-order valence-corrected chi connectivity index (χ4v) is 4.25. The van der Waals surface area contributed by atoms with Crippen LogP contribution < -0.4 is 20.4 Å². The first-order valence-electron chi connectivity index (χ1n) is 8.75. The zero-order chi connectivity index (χ0) is 20.8. The van der Waals surface area contributed by atoms with Gasteiger partial charge < -0.3 is 10.1 Å². The maximum absolute atomic E-state index is 13.3. The molecule has 0 bridgehead atoms. The average Bonchev–Trinajstić information content (AvgIpc) is 3.52. The Kier molecular flexibility index (Phi) is 5.15. The number of carbonyl (C=O) groups is 1. The van der Waals surface area contributed by atoms with Gasteiger partial charge in [0, 0.05) is 10.1 Å². The van der Waals surface area contributed by atoms with Crippen molar-refractivity contribution < 1.29 is 22.7 Å². The lowest BCUT2D eigenvalue weighted by atomic mass is 10.00. The largest absolute Gasteiger partial charge is 0.496 e. The van der Waals surface area contributed by atoms with Crippen LogP contribution >= 0.6 is 22.6 Å². The minimum absolute atomic E-state index is 0.0589. The molecule has 0 aliphatic carbocycles. The standard InChI is InChI=1S/C19H16F3IN4O2/c1-29-16-3-2-11(19(20,21)22)7-14(16)17(28)27(18-25-26-18)12-6-10-9-24-5-4-13(10)15(23)8-12/h2-3,6-8,24H,4-5,9H2,1H3,(H,25,26). The van der Waals surface area contributed by atoms with Gasteiger partial charge in [-0.25, -0.2) is 10.3 Å². The fraction of sp³-hybridized carbons (Fsp3) is 0.263. The Labute approximate surface area is 178 Å². The topological polar surface area (TPSA) is 75.9 Å². The van der Waals surface area contributed by atoms with E-state index in [1.54, 1.807) is 0 Å². The highest BCUT2D eigenvalue weighted by atomic mass is 127. The molecule has 29 heavy (non-hydrogen) atoms. The number of benzene rings is 2. The van der Waals surface area contributed by atoms with Crippen molar-refractivity contribution in [2.75, 3.05) is 18.6 Å². The number of carbonyl (C=O) groups excluding carboxylic acids is 1. The molecule has 2 aromatic rings. The van der Waals surface area contributed by atoms with Crippen LogP contribution in [0.25, 0.3) is 0 Å². The van der Waals surface area contributed by atoms with Crippen molar-refractivity contribution in [3.63, 3.8) is 0 Å². The lowest BCUT2D eigenvalue weighted by Crippen LogP contribution is -2.36. The van der Waals surface area contributed by atoms with Gasteiger partial charge in [-0.15, -0.1) is 5.10 Å². The number of amides is 1. The molecule has 0 spiro atoms. The molecule has 0 fully saturated rings. The van der Waals surface area contributed by atoms with Gasteiger partial charge in [-0.05, 0) is 77.0 Å². The number of hydrogen-bond donors (Lipinski definition) is 2. The molecular formula is C19H16F3IN4O2. The molecule has 0 unspecified atom stereocenters. The van der Waals surface area contributed by atoms with Gasteiger partial charge in [0.05, 0.1) is 23.9 Å². The molecule has 0 saturated heterocycles. The van der Waals surface area contributed by atoms with E-state index in [1.807, 2.05) is 12.1 Å². The Bertz CT molecular complexity index is 1020. The van der Waals surface area contributed by atoms with E-state index >= 15 is 0 Å². The lowest BCUT2D eigenvalue weighted by Gasteiger charge is -2.24. The van der Waals surface area contributed by atoms with Gasteiger partial charge in [0.1, 0.15) is 5.75 Å². The quantitative estimate of drug-likeness (QED) is 0.613. The van der Waals surface area contributed by atoms with Crippen LogP contribution in [0.5, 0.6) is 5.75 Å². The first-order chi connectivity index (χ1) is 13.8. The number of alkyl halides is 3. The van der Waals surface area contributed by atoms with Gasteiger partial charge in [0.25, 0.3) is 5.91 Å². The minimum Gasteiger partial charge on any atom is -0.496 e. The zero-order valence-corrected chi connectivity index (χ0v) is 17.4. The Morgan fingerprint density at radius 2 is 2.03 bits per heavy atom. The van der Waals surface area contributed by atoms with E-state index in [2.05, 4.69) is 38.4 Å². The second-order valence-electron chi connectivity index (χ2n) is 6.59. The number of halogens is 4.